The molecule has 2 rings (SSSR count). The molecule has 0 atom stereocenters. The van der Waals surface area contributed by atoms with Gasteiger partial charge in [0.05, 0.1) is 13.2 Å². The van der Waals surface area contributed by atoms with Crippen LogP contribution in [0.5, 0.6) is 0 Å². The number of anilines is 3. The number of nitrogen functional groups attached to an aromatic ring is 1. The van der Waals surface area contributed by atoms with Crippen molar-refractivity contribution in [1.82, 2.24) is 9.97 Å². The molecular weight excluding hydrogens is 242 g/mol. The first-order chi connectivity index (χ1) is 8.22. The molecule has 0 aliphatic carbocycles. The van der Waals surface area contributed by atoms with Crippen LogP contribution in [-0.4, -0.2) is 42.8 Å². The lowest BCUT2D eigenvalue weighted by Crippen LogP contribution is -2.37. The standard InChI is InChI=1S/C10H16ClN5O/c1-2-13-8-7(12)9(15-10(11)14-8)16-3-5-17-6-4-16/h2-6,12H2,1H3,(H,13,14,15). The van der Waals surface area contributed by atoms with E-state index >= 15 is 0 Å². The summed E-state index contributed by atoms with van der Waals surface area (Å²) in [6, 6.07) is 0. The first-order valence-electron chi connectivity index (χ1n) is 5.62. The summed E-state index contributed by atoms with van der Waals surface area (Å²) in [6.45, 7) is 5.60. The number of ether oxygens (including phenoxy) is 1. The highest BCUT2D eigenvalue weighted by Crippen LogP contribution is 2.29. The molecule has 6 nitrogen and oxygen atoms in total. The summed E-state index contributed by atoms with van der Waals surface area (Å²) in [6.07, 6.45) is 0. The third-order valence-corrected chi connectivity index (χ3v) is 2.72. The van der Waals surface area contributed by atoms with Gasteiger partial charge in [-0.05, 0) is 18.5 Å². The average molecular weight is 258 g/mol. The van der Waals surface area contributed by atoms with Gasteiger partial charge in [-0.2, -0.15) is 9.97 Å². The zero-order valence-electron chi connectivity index (χ0n) is 9.74. The van der Waals surface area contributed by atoms with Crippen LogP contribution < -0.4 is 16.0 Å². The van der Waals surface area contributed by atoms with Gasteiger partial charge in [-0.3, -0.25) is 0 Å². The lowest BCUT2D eigenvalue weighted by Gasteiger charge is -2.29. The summed E-state index contributed by atoms with van der Waals surface area (Å²) in [5.41, 5.74) is 6.58. The molecule has 0 aromatic carbocycles. The number of hydrogen-bond acceptors (Lipinski definition) is 6. The maximum absolute atomic E-state index is 6.04. The summed E-state index contributed by atoms with van der Waals surface area (Å²) in [4.78, 5) is 10.3. The molecule has 0 saturated carbocycles. The molecule has 2 heterocycles. The average Bonchev–Trinajstić information content (AvgIpc) is 2.35. The van der Waals surface area contributed by atoms with Crippen molar-refractivity contribution < 1.29 is 4.74 Å². The Balaban J connectivity index is 2.31. The summed E-state index contributed by atoms with van der Waals surface area (Å²) < 4.78 is 5.29. The van der Waals surface area contributed by atoms with Gasteiger partial charge in [-0.1, -0.05) is 0 Å². The number of morpholine rings is 1. The SMILES string of the molecule is CCNc1nc(Cl)nc(N2CCOCC2)c1N. The molecule has 3 N–H and O–H groups in total. The van der Waals surface area contributed by atoms with Crippen molar-refractivity contribution >= 4 is 28.9 Å². The molecule has 1 aliphatic heterocycles. The van der Waals surface area contributed by atoms with E-state index in [0.717, 1.165) is 19.6 Å². The minimum atomic E-state index is 0.205. The third-order valence-electron chi connectivity index (χ3n) is 2.55. The molecule has 1 aliphatic rings. The van der Waals surface area contributed by atoms with Crippen molar-refractivity contribution in [3.63, 3.8) is 0 Å². The minimum absolute atomic E-state index is 0.205. The van der Waals surface area contributed by atoms with Gasteiger partial charge >= 0.3 is 0 Å². The lowest BCUT2D eigenvalue weighted by atomic mass is 10.3. The van der Waals surface area contributed by atoms with Gasteiger partial charge in [-0.15, -0.1) is 0 Å². The smallest absolute Gasteiger partial charge is 0.226 e. The van der Waals surface area contributed by atoms with Crippen LogP contribution in [-0.2, 0) is 4.74 Å². The predicted octanol–water partition coefficient (Wildman–Crippen LogP) is 0.981. The Bertz CT molecular complexity index is 395. The Kier molecular flexibility index (Phi) is 3.86. The predicted molar refractivity (Wildman–Crippen MR) is 68.7 cm³/mol. The fraction of sp³-hybridized carbons (Fsp3) is 0.600. The second kappa shape index (κ2) is 5.37. The summed E-state index contributed by atoms with van der Waals surface area (Å²) in [7, 11) is 0. The second-order valence-corrected chi connectivity index (χ2v) is 4.05. The van der Waals surface area contributed by atoms with Gasteiger partial charge < -0.3 is 20.7 Å². The molecule has 0 spiro atoms. The van der Waals surface area contributed by atoms with E-state index in [1.807, 2.05) is 6.92 Å². The van der Waals surface area contributed by atoms with E-state index in [1.165, 1.54) is 0 Å². The van der Waals surface area contributed by atoms with Gasteiger partial charge in [0.2, 0.25) is 5.28 Å². The van der Waals surface area contributed by atoms with Crippen LogP contribution in [0.25, 0.3) is 0 Å². The van der Waals surface area contributed by atoms with Crippen LogP contribution in [0, 0.1) is 0 Å². The molecule has 0 amide bonds. The van der Waals surface area contributed by atoms with Crippen LogP contribution >= 0.6 is 11.6 Å². The fourth-order valence-corrected chi connectivity index (χ4v) is 1.91. The van der Waals surface area contributed by atoms with Gasteiger partial charge in [-0.25, -0.2) is 0 Å². The molecule has 0 radical (unpaired) electrons. The monoisotopic (exact) mass is 257 g/mol. The van der Waals surface area contributed by atoms with E-state index in [0.29, 0.717) is 30.5 Å². The van der Waals surface area contributed by atoms with Crippen LogP contribution in [0.1, 0.15) is 6.92 Å². The Morgan fingerprint density at radius 1 is 1.41 bits per heavy atom. The van der Waals surface area contributed by atoms with E-state index in [4.69, 9.17) is 22.1 Å². The summed E-state index contributed by atoms with van der Waals surface area (Å²) >= 11 is 5.90. The molecule has 17 heavy (non-hydrogen) atoms. The quantitative estimate of drug-likeness (QED) is 0.787. The largest absolute Gasteiger partial charge is 0.393 e. The highest BCUT2D eigenvalue weighted by Gasteiger charge is 2.18. The maximum atomic E-state index is 6.04. The molecule has 1 fully saturated rings. The molecule has 0 bridgehead atoms. The van der Waals surface area contributed by atoms with Gasteiger partial charge in [0.1, 0.15) is 5.69 Å². The van der Waals surface area contributed by atoms with Crippen LogP contribution in [0.15, 0.2) is 0 Å². The molecule has 0 unspecified atom stereocenters. The molecular formula is C10H16ClN5O. The molecule has 1 saturated heterocycles. The number of halogens is 1. The Morgan fingerprint density at radius 3 is 2.76 bits per heavy atom. The van der Waals surface area contributed by atoms with Crippen molar-refractivity contribution in [1.29, 1.82) is 0 Å². The minimum Gasteiger partial charge on any atom is -0.393 e. The van der Waals surface area contributed by atoms with E-state index in [2.05, 4.69) is 20.2 Å². The van der Waals surface area contributed by atoms with Crippen molar-refractivity contribution in [2.24, 2.45) is 0 Å². The number of hydrogen-bond donors (Lipinski definition) is 2. The topological polar surface area (TPSA) is 76.3 Å². The first-order valence-corrected chi connectivity index (χ1v) is 5.99. The maximum Gasteiger partial charge on any atom is 0.226 e. The first kappa shape index (κ1) is 12.2. The zero-order valence-corrected chi connectivity index (χ0v) is 10.5. The van der Waals surface area contributed by atoms with Gasteiger partial charge in [0.25, 0.3) is 0 Å². The van der Waals surface area contributed by atoms with E-state index in [1.54, 1.807) is 0 Å². The van der Waals surface area contributed by atoms with Crippen LogP contribution in [0.2, 0.25) is 5.28 Å². The Hall–Kier alpha value is -1.27. The van der Waals surface area contributed by atoms with Crippen LogP contribution in [0.4, 0.5) is 17.3 Å². The number of nitrogens with zero attached hydrogens (tertiary/aromatic N) is 3. The van der Waals surface area contributed by atoms with Crippen molar-refractivity contribution in [3.05, 3.63) is 5.28 Å². The number of nitrogens with one attached hydrogen (secondary N) is 1. The van der Waals surface area contributed by atoms with Gasteiger partial charge in [0.15, 0.2) is 11.6 Å². The number of rotatable bonds is 3. The van der Waals surface area contributed by atoms with E-state index in [-0.39, 0.29) is 5.28 Å². The zero-order chi connectivity index (χ0) is 12.3. The number of aromatic nitrogens is 2. The molecule has 94 valence electrons. The Morgan fingerprint density at radius 2 is 2.12 bits per heavy atom. The Labute approximate surface area is 105 Å². The highest BCUT2D eigenvalue weighted by molar-refractivity contribution is 6.28. The highest BCUT2D eigenvalue weighted by atomic mass is 35.5. The van der Waals surface area contributed by atoms with Crippen molar-refractivity contribution in [2.45, 2.75) is 6.92 Å². The van der Waals surface area contributed by atoms with Crippen molar-refractivity contribution in [3.8, 4) is 0 Å². The lowest BCUT2D eigenvalue weighted by molar-refractivity contribution is 0.122. The molecule has 7 heteroatoms. The van der Waals surface area contributed by atoms with E-state index in [9.17, 15) is 0 Å². The van der Waals surface area contributed by atoms with Crippen LogP contribution in [0.3, 0.4) is 0 Å². The van der Waals surface area contributed by atoms with E-state index < -0.39 is 0 Å². The fourth-order valence-electron chi connectivity index (χ4n) is 1.75. The number of nitrogens with two attached hydrogens (primary N) is 1. The second-order valence-electron chi connectivity index (χ2n) is 3.71. The summed E-state index contributed by atoms with van der Waals surface area (Å²) in [5, 5.41) is 3.28. The van der Waals surface area contributed by atoms with Gasteiger partial charge in [0, 0.05) is 19.6 Å². The summed E-state index contributed by atoms with van der Waals surface area (Å²) in [5.74, 6) is 1.28. The molecule has 1 aromatic heterocycles. The molecule has 1 aromatic rings. The normalized spacial score (nSPS) is 16.0. The third kappa shape index (κ3) is 2.70. The van der Waals surface area contributed by atoms with Crippen molar-refractivity contribution in [2.75, 3.05) is 48.8 Å².